The third-order valence-electron chi connectivity index (χ3n) is 3.36. The standard InChI is InChI=1S/C17H19N3O2S2/c1-2-22-12-5-6-14-15(10-12)20-17(19-14)24-11-16(21)18-8-7-13-4-3-9-23-13/h3-6,9-10H,2,7-8,11H2,1H3,(H,18,21)(H,19,20). The quantitative estimate of drug-likeness (QED) is 0.603. The maximum Gasteiger partial charge on any atom is 0.230 e. The smallest absolute Gasteiger partial charge is 0.230 e. The highest BCUT2D eigenvalue weighted by atomic mass is 32.2. The van der Waals surface area contributed by atoms with Crippen molar-refractivity contribution in [2.24, 2.45) is 0 Å². The maximum absolute atomic E-state index is 11.9. The molecule has 0 aliphatic rings. The third-order valence-corrected chi connectivity index (χ3v) is 5.17. The van der Waals surface area contributed by atoms with Gasteiger partial charge in [-0.15, -0.1) is 11.3 Å². The first kappa shape index (κ1) is 16.9. The van der Waals surface area contributed by atoms with E-state index in [0.29, 0.717) is 18.9 Å². The molecule has 2 N–H and O–H groups in total. The van der Waals surface area contributed by atoms with Crippen LogP contribution in [0.25, 0.3) is 11.0 Å². The maximum atomic E-state index is 11.9. The van der Waals surface area contributed by atoms with Crippen molar-refractivity contribution in [2.45, 2.75) is 18.5 Å². The number of thiophene rings is 1. The summed E-state index contributed by atoms with van der Waals surface area (Å²) in [6, 6.07) is 9.85. The minimum Gasteiger partial charge on any atom is -0.494 e. The number of imidazole rings is 1. The highest BCUT2D eigenvalue weighted by Crippen LogP contribution is 2.23. The van der Waals surface area contributed by atoms with E-state index in [0.717, 1.165) is 28.4 Å². The Kier molecular flexibility index (Phi) is 5.77. The molecule has 0 atom stereocenters. The number of nitrogens with one attached hydrogen (secondary N) is 2. The molecule has 24 heavy (non-hydrogen) atoms. The summed E-state index contributed by atoms with van der Waals surface area (Å²) in [5.41, 5.74) is 1.79. The second kappa shape index (κ2) is 8.21. The number of fused-ring (bicyclic) bond motifs is 1. The average molecular weight is 361 g/mol. The van der Waals surface area contributed by atoms with Crippen LogP contribution in [0, 0.1) is 0 Å². The predicted octanol–water partition coefficient (Wildman–Crippen LogP) is 3.47. The lowest BCUT2D eigenvalue weighted by Gasteiger charge is -2.02. The van der Waals surface area contributed by atoms with E-state index >= 15 is 0 Å². The largest absolute Gasteiger partial charge is 0.494 e. The van der Waals surface area contributed by atoms with Gasteiger partial charge in [-0.25, -0.2) is 4.98 Å². The number of nitrogens with zero attached hydrogens (tertiary/aromatic N) is 1. The molecule has 3 rings (SSSR count). The van der Waals surface area contributed by atoms with Crippen LogP contribution in [0.3, 0.4) is 0 Å². The molecule has 126 valence electrons. The number of carbonyl (C=O) groups excluding carboxylic acids is 1. The molecule has 3 aromatic rings. The topological polar surface area (TPSA) is 67.0 Å². The normalized spacial score (nSPS) is 10.9. The minimum absolute atomic E-state index is 0.0204. The van der Waals surface area contributed by atoms with Gasteiger partial charge in [-0.1, -0.05) is 17.8 Å². The Morgan fingerprint density at radius 2 is 2.33 bits per heavy atom. The van der Waals surface area contributed by atoms with E-state index in [9.17, 15) is 4.79 Å². The van der Waals surface area contributed by atoms with Crippen LogP contribution in [0.2, 0.25) is 0 Å². The second-order valence-corrected chi connectivity index (χ2v) is 7.12. The first-order valence-corrected chi connectivity index (χ1v) is 9.65. The number of hydrogen-bond donors (Lipinski definition) is 2. The van der Waals surface area contributed by atoms with E-state index in [4.69, 9.17) is 4.74 Å². The lowest BCUT2D eigenvalue weighted by molar-refractivity contribution is -0.118. The van der Waals surface area contributed by atoms with Crippen LogP contribution in [0.4, 0.5) is 0 Å². The second-order valence-electron chi connectivity index (χ2n) is 5.12. The van der Waals surface area contributed by atoms with E-state index in [1.54, 1.807) is 11.3 Å². The monoisotopic (exact) mass is 361 g/mol. The molecule has 1 aromatic carbocycles. The summed E-state index contributed by atoms with van der Waals surface area (Å²) in [7, 11) is 0. The summed E-state index contributed by atoms with van der Waals surface area (Å²) in [5, 5.41) is 5.73. The van der Waals surface area contributed by atoms with E-state index in [-0.39, 0.29) is 5.91 Å². The van der Waals surface area contributed by atoms with Crippen molar-refractivity contribution in [1.29, 1.82) is 0 Å². The Morgan fingerprint density at radius 3 is 3.12 bits per heavy atom. The van der Waals surface area contributed by atoms with Crippen molar-refractivity contribution in [3.63, 3.8) is 0 Å². The molecular weight excluding hydrogens is 342 g/mol. The minimum atomic E-state index is 0.0204. The molecule has 0 saturated carbocycles. The molecule has 5 nitrogen and oxygen atoms in total. The SMILES string of the molecule is CCOc1ccc2nc(SCC(=O)NCCc3cccs3)[nH]c2c1. The van der Waals surface area contributed by atoms with E-state index in [2.05, 4.69) is 21.4 Å². The van der Waals surface area contributed by atoms with Crippen LogP contribution < -0.4 is 10.1 Å². The van der Waals surface area contributed by atoms with Gasteiger partial charge in [0.15, 0.2) is 5.16 Å². The van der Waals surface area contributed by atoms with E-state index in [1.165, 1.54) is 16.6 Å². The van der Waals surface area contributed by atoms with Crippen molar-refractivity contribution in [3.05, 3.63) is 40.6 Å². The van der Waals surface area contributed by atoms with Crippen LogP contribution in [0.5, 0.6) is 5.75 Å². The fourth-order valence-corrected chi connectivity index (χ4v) is 3.68. The number of aromatic nitrogens is 2. The van der Waals surface area contributed by atoms with Crippen LogP contribution in [-0.2, 0) is 11.2 Å². The molecule has 0 aliphatic carbocycles. The summed E-state index contributed by atoms with van der Waals surface area (Å²) >= 11 is 3.11. The average Bonchev–Trinajstić information content (AvgIpc) is 3.22. The molecule has 2 aromatic heterocycles. The molecule has 0 spiro atoms. The van der Waals surface area contributed by atoms with Gasteiger partial charge in [0.1, 0.15) is 5.75 Å². The van der Waals surface area contributed by atoms with Crippen LogP contribution in [0.1, 0.15) is 11.8 Å². The Balaban J connectivity index is 1.48. The summed E-state index contributed by atoms with van der Waals surface area (Å²) < 4.78 is 5.48. The highest BCUT2D eigenvalue weighted by Gasteiger charge is 2.08. The Morgan fingerprint density at radius 1 is 1.42 bits per heavy atom. The molecule has 0 fully saturated rings. The molecule has 0 bridgehead atoms. The van der Waals surface area contributed by atoms with Crippen LogP contribution >= 0.6 is 23.1 Å². The molecule has 0 saturated heterocycles. The van der Waals surface area contributed by atoms with E-state index in [1.807, 2.05) is 36.6 Å². The lowest BCUT2D eigenvalue weighted by atomic mass is 10.3. The van der Waals surface area contributed by atoms with Gasteiger partial charge < -0.3 is 15.0 Å². The fourth-order valence-electron chi connectivity index (χ4n) is 2.26. The third kappa shape index (κ3) is 4.52. The Hall–Kier alpha value is -1.99. The number of benzene rings is 1. The highest BCUT2D eigenvalue weighted by molar-refractivity contribution is 7.99. The van der Waals surface area contributed by atoms with Crippen molar-refractivity contribution < 1.29 is 9.53 Å². The van der Waals surface area contributed by atoms with Crippen molar-refractivity contribution in [3.8, 4) is 5.75 Å². The number of aromatic amines is 1. The zero-order valence-electron chi connectivity index (χ0n) is 13.4. The van der Waals surface area contributed by atoms with Gasteiger partial charge in [-0.3, -0.25) is 4.79 Å². The summed E-state index contributed by atoms with van der Waals surface area (Å²) in [6.07, 6.45) is 0.874. The zero-order valence-corrected chi connectivity index (χ0v) is 15.0. The number of amides is 1. The first-order valence-electron chi connectivity index (χ1n) is 7.79. The molecule has 0 unspecified atom stereocenters. The van der Waals surface area contributed by atoms with Crippen molar-refractivity contribution in [2.75, 3.05) is 18.9 Å². The Bertz CT molecular complexity index is 799. The van der Waals surface area contributed by atoms with Crippen LogP contribution in [-0.4, -0.2) is 34.8 Å². The van der Waals surface area contributed by atoms with Gasteiger partial charge in [-0.05, 0) is 36.9 Å². The van der Waals surface area contributed by atoms with Gasteiger partial charge in [0.05, 0.1) is 23.4 Å². The number of hydrogen-bond acceptors (Lipinski definition) is 5. The molecule has 2 heterocycles. The summed E-state index contributed by atoms with van der Waals surface area (Å²) in [6.45, 7) is 3.25. The summed E-state index contributed by atoms with van der Waals surface area (Å²) in [4.78, 5) is 20.9. The number of carbonyl (C=O) groups is 1. The van der Waals surface area contributed by atoms with Crippen molar-refractivity contribution in [1.82, 2.24) is 15.3 Å². The zero-order chi connectivity index (χ0) is 16.8. The van der Waals surface area contributed by atoms with Crippen molar-refractivity contribution >= 4 is 40.0 Å². The van der Waals surface area contributed by atoms with Gasteiger partial charge in [0.2, 0.25) is 5.91 Å². The molecular formula is C17H19N3O2S2. The van der Waals surface area contributed by atoms with E-state index < -0.39 is 0 Å². The van der Waals surface area contributed by atoms with Gasteiger partial charge in [-0.2, -0.15) is 0 Å². The fraction of sp³-hybridized carbons (Fsp3) is 0.294. The number of ether oxygens (including phenoxy) is 1. The van der Waals surface area contributed by atoms with Gasteiger partial charge in [0, 0.05) is 17.5 Å². The molecule has 0 aliphatic heterocycles. The predicted molar refractivity (Wildman–Crippen MR) is 99.0 cm³/mol. The molecule has 1 amide bonds. The number of thioether (sulfide) groups is 1. The molecule has 7 heteroatoms. The number of rotatable bonds is 8. The summed E-state index contributed by atoms with van der Waals surface area (Å²) in [5.74, 6) is 1.19. The van der Waals surface area contributed by atoms with Gasteiger partial charge in [0.25, 0.3) is 0 Å². The van der Waals surface area contributed by atoms with Crippen LogP contribution in [0.15, 0.2) is 40.9 Å². The first-order chi connectivity index (χ1) is 11.7. The molecule has 0 radical (unpaired) electrons. The van der Waals surface area contributed by atoms with Gasteiger partial charge >= 0.3 is 0 Å². The Labute approximate surface area is 148 Å². The number of H-pyrrole nitrogens is 1. The lowest BCUT2D eigenvalue weighted by Crippen LogP contribution is -2.27.